The van der Waals surface area contributed by atoms with E-state index in [2.05, 4.69) is 34.0 Å². The Hall–Kier alpha value is -3.50. The van der Waals surface area contributed by atoms with Gasteiger partial charge in [-0.3, -0.25) is 9.78 Å². The third-order valence-electron chi connectivity index (χ3n) is 7.66. The largest absolute Gasteiger partial charge is 0.387 e. The summed E-state index contributed by atoms with van der Waals surface area (Å²) in [7, 11) is 0. The van der Waals surface area contributed by atoms with E-state index in [4.69, 9.17) is 0 Å². The number of piperidine rings is 1. The number of benzene rings is 1. The molecule has 3 N–H and O–H groups in total. The molecule has 1 aliphatic heterocycles. The number of anilines is 2. The van der Waals surface area contributed by atoms with Gasteiger partial charge in [0.1, 0.15) is 28.8 Å². The highest BCUT2D eigenvalue weighted by atomic mass is 19.1. The van der Waals surface area contributed by atoms with E-state index in [9.17, 15) is 28.2 Å². The molecule has 5 rings (SSSR count). The van der Waals surface area contributed by atoms with Gasteiger partial charge in [-0.1, -0.05) is 13.8 Å². The number of aromatic nitrogens is 2. The number of halogens is 3. The maximum Gasteiger partial charge on any atom is 0.274 e. The van der Waals surface area contributed by atoms with E-state index in [1.54, 1.807) is 0 Å². The summed E-state index contributed by atoms with van der Waals surface area (Å²) in [6.45, 7) is 8.65. The van der Waals surface area contributed by atoms with Crippen molar-refractivity contribution in [3.63, 3.8) is 0 Å². The topological polar surface area (TPSA) is 98.6 Å². The third-order valence-corrected chi connectivity index (χ3v) is 7.66. The molecule has 3 heterocycles. The Morgan fingerprint density at radius 3 is 2.35 bits per heavy atom. The van der Waals surface area contributed by atoms with E-state index in [0.717, 1.165) is 55.0 Å². The lowest BCUT2D eigenvalue weighted by Crippen LogP contribution is -2.39. The highest BCUT2D eigenvalue weighted by Crippen LogP contribution is 2.42. The van der Waals surface area contributed by atoms with Crippen molar-refractivity contribution < 1.29 is 28.2 Å². The van der Waals surface area contributed by atoms with Crippen LogP contribution in [0.4, 0.5) is 24.5 Å². The minimum absolute atomic E-state index is 0.0244. The SMILES string of the molecule is C[C@@H]1C[C@H](C)CN(c2c(NC(=O)c3ccc(F)c(-c4c(F)cc(C(C)(C)O)cc4F)n3)cnc3c2CCC3O)C1. The van der Waals surface area contributed by atoms with Crippen molar-refractivity contribution in [2.24, 2.45) is 11.8 Å². The number of aliphatic hydroxyl groups is 2. The van der Waals surface area contributed by atoms with Gasteiger partial charge < -0.3 is 20.4 Å². The lowest BCUT2D eigenvalue weighted by Gasteiger charge is -2.38. The van der Waals surface area contributed by atoms with E-state index in [1.807, 2.05) is 0 Å². The maximum atomic E-state index is 15.0. The average Bonchev–Trinajstić information content (AvgIpc) is 3.23. The molecule has 40 heavy (non-hydrogen) atoms. The van der Waals surface area contributed by atoms with Crippen LogP contribution in [0.2, 0.25) is 0 Å². The molecule has 0 spiro atoms. The van der Waals surface area contributed by atoms with Crippen LogP contribution in [0.3, 0.4) is 0 Å². The van der Waals surface area contributed by atoms with Crippen molar-refractivity contribution in [3.05, 3.63) is 70.4 Å². The average molecular weight is 555 g/mol. The molecule has 7 nitrogen and oxygen atoms in total. The number of nitrogens with zero attached hydrogens (tertiary/aromatic N) is 3. The molecule has 0 radical (unpaired) electrons. The van der Waals surface area contributed by atoms with Crippen LogP contribution >= 0.6 is 0 Å². The molecule has 2 aliphatic rings. The van der Waals surface area contributed by atoms with Gasteiger partial charge in [-0.05, 0) is 74.8 Å². The summed E-state index contributed by atoms with van der Waals surface area (Å²) in [5.41, 5.74) is -0.456. The Balaban J connectivity index is 1.51. The smallest absolute Gasteiger partial charge is 0.274 e. The van der Waals surface area contributed by atoms with Crippen molar-refractivity contribution in [2.45, 2.75) is 58.7 Å². The van der Waals surface area contributed by atoms with E-state index in [-0.39, 0.29) is 11.3 Å². The fraction of sp³-hybridized carbons (Fsp3) is 0.433. The first-order valence-electron chi connectivity index (χ1n) is 13.5. The Bertz CT molecular complexity index is 1440. The molecule has 212 valence electrons. The number of carbonyl (C=O) groups is 1. The van der Waals surface area contributed by atoms with Gasteiger partial charge in [0.2, 0.25) is 0 Å². The lowest BCUT2D eigenvalue weighted by molar-refractivity contribution is 0.0778. The van der Waals surface area contributed by atoms with Crippen molar-refractivity contribution in [1.82, 2.24) is 9.97 Å². The van der Waals surface area contributed by atoms with Gasteiger partial charge in [0.05, 0.1) is 40.5 Å². The molecule has 1 amide bonds. The number of hydrogen-bond donors (Lipinski definition) is 3. The number of fused-ring (bicyclic) bond motifs is 1. The van der Waals surface area contributed by atoms with Gasteiger partial charge in [-0.15, -0.1) is 0 Å². The second-order valence-corrected chi connectivity index (χ2v) is 11.6. The van der Waals surface area contributed by atoms with Gasteiger partial charge in [0.25, 0.3) is 5.91 Å². The quantitative estimate of drug-likeness (QED) is 0.385. The van der Waals surface area contributed by atoms with E-state index in [1.165, 1.54) is 20.0 Å². The molecule has 0 saturated carbocycles. The maximum absolute atomic E-state index is 15.0. The first-order chi connectivity index (χ1) is 18.8. The van der Waals surface area contributed by atoms with Crippen molar-refractivity contribution >= 4 is 17.3 Å². The minimum atomic E-state index is -1.52. The van der Waals surface area contributed by atoms with Gasteiger partial charge in [-0.2, -0.15) is 0 Å². The van der Waals surface area contributed by atoms with Crippen LogP contribution in [0, 0.1) is 29.3 Å². The summed E-state index contributed by atoms with van der Waals surface area (Å²) in [5, 5.41) is 23.4. The summed E-state index contributed by atoms with van der Waals surface area (Å²) in [6.07, 6.45) is 3.06. The number of hydrogen-bond acceptors (Lipinski definition) is 6. The van der Waals surface area contributed by atoms with Crippen LogP contribution in [0.1, 0.15) is 73.9 Å². The normalized spacial score (nSPS) is 20.9. The summed E-state index contributed by atoms with van der Waals surface area (Å²) < 4.78 is 44.7. The number of rotatable bonds is 5. The minimum Gasteiger partial charge on any atom is -0.387 e. The number of amides is 1. The van der Waals surface area contributed by atoms with E-state index >= 15 is 0 Å². The van der Waals surface area contributed by atoms with Crippen molar-refractivity contribution in [1.29, 1.82) is 0 Å². The zero-order valence-electron chi connectivity index (χ0n) is 22.9. The second kappa shape index (κ2) is 10.5. The zero-order valence-corrected chi connectivity index (χ0v) is 22.9. The number of carbonyl (C=O) groups excluding carboxylic acids is 1. The van der Waals surface area contributed by atoms with Gasteiger partial charge in [0, 0.05) is 18.7 Å². The Morgan fingerprint density at radius 2 is 1.73 bits per heavy atom. The molecule has 1 fully saturated rings. The van der Waals surface area contributed by atoms with Crippen molar-refractivity contribution in [2.75, 3.05) is 23.3 Å². The molecule has 1 aromatic carbocycles. The van der Waals surface area contributed by atoms with Crippen LogP contribution in [0.5, 0.6) is 0 Å². The molecule has 3 aromatic rings. The molecule has 0 bridgehead atoms. The van der Waals surface area contributed by atoms with Crippen molar-refractivity contribution in [3.8, 4) is 11.3 Å². The number of pyridine rings is 2. The fourth-order valence-corrected chi connectivity index (χ4v) is 5.89. The van der Waals surface area contributed by atoms with Gasteiger partial charge >= 0.3 is 0 Å². The number of nitrogens with one attached hydrogen (secondary N) is 1. The zero-order chi connectivity index (χ0) is 28.9. The molecule has 1 saturated heterocycles. The van der Waals surface area contributed by atoms with E-state index in [0.29, 0.717) is 36.1 Å². The highest BCUT2D eigenvalue weighted by molar-refractivity contribution is 6.05. The lowest BCUT2D eigenvalue weighted by atomic mass is 9.91. The summed E-state index contributed by atoms with van der Waals surface area (Å²) in [5.74, 6) is -3.07. The molecular formula is C30H33F3N4O3. The molecular weight excluding hydrogens is 521 g/mol. The summed E-state index contributed by atoms with van der Waals surface area (Å²) in [6, 6.07) is 3.92. The predicted molar refractivity (Wildman–Crippen MR) is 145 cm³/mol. The Morgan fingerprint density at radius 1 is 1.07 bits per heavy atom. The van der Waals surface area contributed by atoms with Crippen LogP contribution in [-0.4, -0.2) is 39.2 Å². The fourth-order valence-electron chi connectivity index (χ4n) is 5.89. The van der Waals surface area contributed by atoms with E-state index < -0.39 is 46.3 Å². The second-order valence-electron chi connectivity index (χ2n) is 11.6. The first-order valence-corrected chi connectivity index (χ1v) is 13.5. The molecule has 1 unspecified atom stereocenters. The third kappa shape index (κ3) is 5.30. The first kappa shape index (κ1) is 28.0. The Labute approximate surface area is 231 Å². The molecule has 2 aromatic heterocycles. The van der Waals surface area contributed by atoms with Crippen LogP contribution in [0.15, 0.2) is 30.5 Å². The van der Waals surface area contributed by atoms with Gasteiger partial charge in [-0.25, -0.2) is 18.2 Å². The number of aliphatic hydroxyl groups excluding tert-OH is 1. The predicted octanol–water partition coefficient (Wildman–Crippen LogP) is 5.50. The molecule has 10 heteroatoms. The van der Waals surface area contributed by atoms with Gasteiger partial charge in [0.15, 0.2) is 0 Å². The highest BCUT2D eigenvalue weighted by Gasteiger charge is 2.32. The van der Waals surface area contributed by atoms with Crippen LogP contribution in [0.25, 0.3) is 11.3 Å². The summed E-state index contributed by atoms with van der Waals surface area (Å²) >= 11 is 0. The molecule has 3 atom stereocenters. The standard InChI is InChI=1S/C30H33F3N4O3/c1-15-9-16(2)14-37(13-15)28-18-5-8-24(38)26(18)34-12-23(28)36-29(39)22-7-6-19(31)27(35-22)25-20(32)10-17(11-21(25)33)30(3,4)40/h6-7,10-12,15-16,24,38,40H,5,8-9,13-14H2,1-4H3,(H,36,39)/t15-,16+,24?. The summed E-state index contributed by atoms with van der Waals surface area (Å²) in [4.78, 5) is 24.0. The van der Waals surface area contributed by atoms with Crippen LogP contribution < -0.4 is 10.2 Å². The Kier molecular flexibility index (Phi) is 7.35. The van der Waals surface area contributed by atoms with Crippen LogP contribution in [-0.2, 0) is 12.0 Å². The molecule has 1 aliphatic carbocycles. The monoisotopic (exact) mass is 554 g/mol.